The highest BCUT2D eigenvalue weighted by Crippen LogP contribution is 2.29. The Morgan fingerprint density at radius 2 is 1.21 bits per heavy atom. The van der Waals surface area contributed by atoms with Crippen LogP contribution in [0.3, 0.4) is 0 Å². The van der Waals surface area contributed by atoms with Crippen LogP contribution in [0.5, 0.6) is 0 Å². The maximum atomic E-state index is 2.65. The quantitative estimate of drug-likeness (QED) is 0.434. The van der Waals surface area contributed by atoms with Gasteiger partial charge in [-0.05, 0) is 59.1 Å². The molecule has 0 aliphatic heterocycles. The Labute approximate surface area is 146 Å². The van der Waals surface area contributed by atoms with Crippen molar-refractivity contribution in [3.8, 4) is 0 Å². The molecule has 3 aromatic rings. The second-order valence-electron chi connectivity index (χ2n) is 6.78. The minimum absolute atomic E-state index is 1.06. The van der Waals surface area contributed by atoms with E-state index < -0.39 is 0 Å². The summed E-state index contributed by atoms with van der Waals surface area (Å²) in [4.78, 5) is 2.65. The van der Waals surface area contributed by atoms with E-state index in [0.717, 1.165) is 6.54 Å². The SMILES string of the molecule is CCCCN(CCCC)Cc1c2ccccc2cc2ccccc12. The zero-order chi connectivity index (χ0) is 16.8. The van der Waals surface area contributed by atoms with Crippen molar-refractivity contribution in [2.24, 2.45) is 0 Å². The molecule has 0 spiro atoms. The summed E-state index contributed by atoms with van der Waals surface area (Å²) in [5, 5.41) is 5.54. The van der Waals surface area contributed by atoms with Gasteiger partial charge in [0.05, 0.1) is 0 Å². The van der Waals surface area contributed by atoms with Crippen molar-refractivity contribution in [3.05, 3.63) is 60.2 Å². The zero-order valence-electron chi connectivity index (χ0n) is 15.1. The van der Waals surface area contributed by atoms with E-state index in [2.05, 4.69) is 73.3 Å². The maximum Gasteiger partial charge on any atom is 0.0246 e. The summed E-state index contributed by atoms with van der Waals surface area (Å²) in [5.74, 6) is 0. The largest absolute Gasteiger partial charge is 0.299 e. The van der Waals surface area contributed by atoms with Crippen LogP contribution < -0.4 is 0 Å². The average molecular weight is 319 g/mol. The molecule has 0 N–H and O–H groups in total. The van der Waals surface area contributed by atoms with Crippen LogP contribution in [0.2, 0.25) is 0 Å². The molecule has 0 radical (unpaired) electrons. The third-order valence-corrected chi connectivity index (χ3v) is 4.92. The van der Waals surface area contributed by atoms with Gasteiger partial charge in [-0.3, -0.25) is 4.90 Å². The summed E-state index contributed by atoms with van der Waals surface area (Å²) in [6, 6.07) is 20.0. The highest BCUT2D eigenvalue weighted by Gasteiger charge is 2.11. The lowest BCUT2D eigenvalue weighted by atomic mass is 9.96. The van der Waals surface area contributed by atoms with Crippen molar-refractivity contribution in [1.82, 2.24) is 4.90 Å². The molecule has 0 heterocycles. The van der Waals surface area contributed by atoms with Crippen molar-refractivity contribution in [1.29, 1.82) is 0 Å². The summed E-state index contributed by atoms with van der Waals surface area (Å²) >= 11 is 0. The molecule has 0 fully saturated rings. The zero-order valence-corrected chi connectivity index (χ0v) is 15.1. The van der Waals surface area contributed by atoms with Crippen molar-refractivity contribution in [2.75, 3.05) is 13.1 Å². The third-order valence-electron chi connectivity index (χ3n) is 4.92. The highest BCUT2D eigenvalue weighted by atomic mass is 15.1. The molecule has 0 amide bonds. The van der Waals surface area contributed by atoms with Crippen molar-refractivity contribution in [2.45, 2.75) is 46.1 Å². The van der Waals surface area contributed by atoms with Gasteiger partial charge >= 0.3 is 0 Å². The fourth-order valence-electron chi connectivity index (χ4n) is 3.54. The molecule has 0 aliphatic carbocycles. The van der Waals surface area contributed by atoms with Crippen molar-refractivity contribution >= 4 is 21.5 Å². The predicted molar refractivity (Wildman–Crippen MR) is 107 cm³/mol. The summed E-state index contributed by atoms with van der Waals surface area (Å²) in [5.41, 5.74) is 1.50. The van der Waals surface area contributed by atoms with E-state index in [-0.39, 0.29) is 0 Å². The van der Waals surface area contributed by atoms with Gasteiger partial charge in [-0.1, -0.05) is 75.2 Å². The minimum atomic E-state index is 1.06. The smallest absolute Gasteiger partial charge is 0.0246 e. The molecule has 0 bridgehead atoms. The van der Waals surface area contributed by atoms with E-state index in [4.69, 9.17) is 0 Å². The van der Waals surface area contributed by atoms with Gasteiger partial charge in [0.1, 0.15) is 0 Å². The molecule has 0 saturated heterocycles. The van der Waals surface area contributed by atoms with Crippen LogP contribution >= 0.6 is 0 Å². The lowest BCUT2D eigenvalue weighted by molar-refractivity contribution is 0.259. The van der Waals surface area contributed by atoms with E-state index in [1.54, 1.807) is 0 Å². The molecule has 1 heteroatoms. The standard InChI is InChI=1S/C23H29N/c1-3-5-15-24(16-6-4-2)18-23-21-13-9-7-11-19(21)17-20-12-8-10-14-22(20)23/h7-14,17H,3-6,15-16,18H2,1-2H3. The molecule has 0 aliphatic rings. The maximum absolute atomic E-state index is 2.65. The number of hydrogen-bond donors (Lipinski definition) is 0. The highest BCUT2D eigenvalue weighted by molar-refractivity contribution is 6.02. The Morgan fingerprint density at radius 1 is 0.708 bits per heavy atom. The number of fused-ring (bicyclic) bond motifs is 2. The lowest BCUT2D eigenvalue weighted by Gasteiger charge is -2.24. The van der Waals surface area contributed by atoms with Crippen LogP contribution in [0.15, 0.2) is 54.6 Å². The minimum Gasteiger partial charge on any atom is -0.299 e. The van der Waals surface area contributed by atoms with Gasteiger partial charge in [-0.25, -0.2) is 0 Å². The van der Waals surface area contributed by atoms with Crippen LogP contribution in [-0.4, -0.2) is 18.0 Å². The van der Waals surface area contributed by atoms with Gasteiger partial charge in [0, 0.05) is 6.54 Å². The summed E-state index contributed by atoms with van der Waals surface area (Å²) < 4.78 is 0. The topological polar surface area (TPSA) is 3.24 Å². The van der Waals surface area contributed by atoms with E-state index in [9.17, 15) is 0 Å². The molecule has 0 aromatic heterocycles. The van der Waals surface area contributed by atoms with E-state index >= 15 is 0 Å². The van der Waals surface area contributed by atoms with Gasteiger partial charge in [0.15, 0.2) is 0 Å². The van der Waals surface area contributed by atoms with Crippen LogP contribution in [0, 0.1) is 0 Å². The molecule has 0 saturated carbocycles. The first-order valence-electron chi connectivity index (χ1n) is 9.45. The molecule has 126 valence electrons. The van der Waals surface area contributed by atoms with Crippen LogP contribution in [-0.2, 0) is 6.54 Å². The van der Waals surface area contributed by atoms with Crippen molar-refractivity contribution < 1.29 is 0 Å². The molecule has 1 nitrogen and oxygen atoms in total. The molecular formula is C23H29N. The summed E-state index contributed by atoms with van der Waals surface area (Å²) in [6.07, 6.45) is 5.09. The normalized spacial score (nSPS) is 11.6. The fraction of sp³-hybridized carbons (Fsp3) is 0.391. The first-order valence-corrected chi connectivity index (χ1v) is 9.45. The number of nitrogens with zero attached hydrogens (tertiary/aromatic N) is 1. The number of benzene rings is 3. The molecule has 24 heavy (non-hydrogen) atoms. The lowest BCUT2D eigenvalue weighted by Crippen LogP contribution is -2.25. The first kappa shape index (κ1) is 17.0. The van der Waals surface area contributed by atoms with E-state index in [0.29, 0.717) is 0 Å². The predicted octanol–water partition coefficient (Wildman–Crippen LogP) is 6.40. The van der Waals surface area contributed by atoms with Crippen LogP contribution in [0.25, 0.3) is 21.5 Å². The molecular weight excluding hydrogens is 290 g/mol. The number of hydrogen-bond acceptors (Lipinski definition) is 1. The second kappa shape index (κ2) is 8.30. The molecule has 3 rings (SSSR count). The van der Waals surface area contributed by atoms with Crippen molar-refractivity contribution in [3.63, 3.8) is 0 Å². The number of rotatable bonds is 8. The summed E-state index contributed by atoms with van der Waals surface area (Å²) in [6.45, 7) is 8.03. The molecule has 0 atom stereocenters. The summed E-state index contributed by atoms with van der Waals surface area (Å²) in [7, 11) is 0. The van der Waals surface area contributed by atoms with Gasteiger partial charge in [0.25, 0.3) is 0 Å². The van der Waals surface area contributed by atoms with Crippen LogP contribution in [0.4, 0.5) is 0 Å². The third kappa shape index (κ3) is 3.79. The Balaban J connectivity index is 2.03. The average Bonchev–Trinajstić information content (AvgIpc) is 2.63. The molecule has 3 aromatic carbocycles. The second-order valence-corrected chi connectivity index (χ2v) is 6.78. The van der Waals surface area contributed by atoms with Gasteiger partial charge in [-0.15, -0.1) is 0 Å². The van der Waals surface area contributed by atoms with Crippen LogP contribution in [0.1, 0.15) is 45.1 Å². The fourth-order valence-corrected chi connectivity index (χ4v) is 3.54. The van der Waals surface area contributed by atoms with Gasteiger partial charge < -0.3 is 0 Å². The first-order chi connectivity index (χ1) is 11.8. The Bertz CT molecular complexity index is 728. The number of unbranched alkanes of at least 4 members (excludes halogenated alkanes) is 2. The van der Waals surface area contributed by atoms with E-state index in [1.807, 2.05) is 0 Å². The Morgan fingerprint density at radius 3 is 1.71 bits per heavy atom. The molecule has 0 unspecified atom stereocenters. The van der Waals surface area contributed by atoms with E-state index in [1.165, 1.54) is 65.9 Å². The monoisotopic (exact) mass is 319 g/mol. The van der Waals surface area contributed by atoms with Gasteiger partial charge in [-0.2, -0.15) is 0 Å². The van der Waals surface area contributed by atoms with Gasteiger partial charge in [0.2, 0.25) is 0 Å². The Hall–Kier alpha value is -1.86. The Kier molecular flexibility index (Phi) is 5.87.